The first-order valence-electron chi connectivity index (χ1n) is 6.57. The van der Waals surface area contributed by atoms with Crippen LogP contribution in [0.5, 0.6) is 5.75 Å². The predicted octanol–water partition coefficient (Wildman–Crippen LogP) is 2.98. The standard InChI is InChI=1S/C13H12ClNO2.C3H8O/c1-17-12-5-3-2-4-10(12)11-6-13(14)15-7-9(11)8-16;1-3-4-2/h2-8,13,15H,1H3;3H2,1-2H3. The molecule has 0 aromatic heterocycles. The van der Waals surface area contributed by atoms with Crippen molar-refractivity contribution in [3.05, 3.63) is 47.7 Å². The first-order chi connectivity index (χ1) is 10.2. The summed E-state index contributed by atoms with van der Waals surface area (Å²) in [6, 6.07) is 7.53. The van der Waals surface area contributed by atoms with Crippen molar-refractivity contribution < 1.29 is 14.3 Å². The Hall–Kier alpha value is -1.78. The van der Waals surface area contributed by atoms with Crippen LogP contribution in [0.1, 0.15) is 12.5 Å². The van der Waals surface area contributed by atoms with Gasteiger partial charge in [0.2, 0.25) is 0 Å². The van der Waals surface area contributed by atoms with Gasteiger partial charge in [-0.05, 0) is 24.6 Å². The summed E-state index contributed by atoms with van der Waals surface area (Å²) in [6.07, 6.45) is 4.21. The molecule has 1 atom stereocenters. The molecule has 21 heavy (non-hydrogen) atoms. The molecular formula is C16H20ClNO3. The number of carbonyl (C=O) groups excluding carboxylic acids is 1. The zero-order chi connectivity index (χ0) is 15.7. The molecule has 0 fully saturated rings. The van der Waals surface area contributed by atoms with Crippen molar-refractivity contribution in [2.24, 2.45) is 0 Å². The Balaban J connectivity index is 0.000000491. The topological polar surface area (TPSA) is 47.6 Å². The minimum Gasteiger partial charge on any atom is -0.496 e. The Labute approximate surface area is 130 Å². The van der Waals surface area contributed by atoms with Gasteiger partial charge in [0.15, 0.2) is 6.29 Å². The van der Waals surface area contributed by atoms with E-state index in [0.717, 1.165) is 29.8 Å². The third kappa shape index (κ3) is 4.92. The van der Waals surface area contributed by atoms with Crippen LogP contribution in [0.25, 0.3) is 5.57 Å². The zero-order valence-electron chi connectivity index (χ0n) is 12.4. The highest BCUT2D eigenvalue weighted by Crippen LogP contribution is 2.32. The summed E-state index contributed by atoms with van der Waals surface area (Å²) >= 11 is 5.99. The molecule has 0 saturated heterocycles. The lowest BCUT2D eigenvalue weighted by Crippen LogP contribution is -2.21. The second-order valence-corrected chi connectivity index (χ2v) is 4.61. The number of para-hydroxylation sites is 1. The average molecular weight is 310 g/mol. The van der Waals surface area contributed by atoms with Crippen LogP contribution in [0.4, 0.5) is 0 Å². The predicted molar refractivity (Wildman–Crippen MR) is 85.4 cm³/mol. The lowest BCUT2D eigenvalue weighted by atomic mass is 9.96. The lowest BCUT2D eigenvalue weighted by molar-refractivity contribution is -0.104. The number of benzene rings is 1. The second-order valence-electron chi connectivity index (χ2n) is 4.14. The first kappa shape index (κ1) is 17.3. The summed E-state index contributed by atoms with van der Waals surface area (Å²) in [6.45, 7) is 2.78. The van der Waals surface area contributed by atoms with Crippen LogP contribution >= 0.6 is 11.6 Å². The van der Waals surface area contributed by atoms with Gasteiger partial charge >= 0.3 is 0 Å². The summed E-state index contributed by atoms with van der Waals surface area (Å²) in [4.78, 5) is 11.0. The third-order valence-corrected chi connectivity index (χ3v) is 3.09. The number of ether oxygens (including phenoxy) is 2. The molecule has 1 aliphatic rings. The summed E-state index contributed by atoms with van der Waals surface area (Å²) in [7, 11) is 3.28. The monoisotopic (exact) mass is 309 g/mol. The van der Waals surface area contributed by atoms with Gasteiger partial charge in [-0.3, -0.25) is 4.79 Å². The molecular weight excluding hydrogens is 290 g/mol. The summed E-state index contributed by atoms with van der Waals surface area (Å²) in [5, 5.41) is 2.88. The molecule has 0 saturated carbocycles. The number of rotatable bonds is 4. The van der Waals surface area contributed by atoms with Crippen molar-refractivity contribution in [3.8, 4) is 5.75 Å². The molecule has 4 nitrogen and oxygen atoms in total. The number of methoxy groups -OCH3 is 2. The van der Waals surface area contributed by atoms with E-state index in [9.17, 15) is 4.79 Å². The fourth-order valence-corrected chi connectivity index (χ4v) is 1.94. The molecule has 0 radical (unpaired) electrons. The van der Waals surface area contributed by atoms with Gasteiger partial charge < -0.3 is 14.8 Å². The largest absolute Gasteiger partial charge is 0.496 e. The van der Waals surface area contributed by atoms with Crippen LogP contribution in [-0.2, 0) is 9.53 Å². The summed E-state index contributed by atoms with van der Waals surface area (Å²) < 4.78 is 9.82. The molecule has 1 unspecified atom stereocenters. The highest BCUT2D eigenvalue weighted by molar-refractivity contribution is 6.23. The summed E-state index contributed by atoms with van der Waals surface area (Å²) in [5.41, 5.74) is 1.89. The van der Waals surface area contributed by atoms with Crippen molar-refractivity contribution in [1.29, 1.82) is 0 Å². The molecule has 0 amide bonds. The number of nitrogens with one attached hydrogen (secondary N) is 1. The van der Waals surface area contributed by atoms with Crippen LogP contribution in [0.3, 0.4) is 0 Å². The van der Waals surface area contributed by atoms with E-state index in [4.69, 9.17) is 16.3 Å². The van der Waals surface area contributed by atoms with E-state index in [1.54, 1.807) is 26.5 Å². The third-order valence-electron chi connectivity index (χ3n) is 2.83. The number of hydrogen-bond acceptors (Lipinski definition) is 4. The van der Waals surface area contributed by atoms with E-state index in [1.165, 1.54) is 0 Å². The maximum absolute atomic E-state index is 11.0. The SMILES string of the molecule is CCOC.COc1ccccc1C1=CC(Cl)NC=C1C=O. The average Bonchev–Trinajstić information content (AvgIpc) is 2.55. The van der Waals surface area contributed by atoms with Gasteiger partial charge in [0.1, 0.15) is 11.3 Å². The Kier molecular flexibility index (Phi) is 7.58. The highest BCUT2D eigenvalue weighted by Gasteiger charge is 2.17. The van der Waals surface area contributed by atoms with E-state index in [2.05, 4.69) is 10.1 Å². The van der Waals surface area contributed by atoms with Gasteiger partial charge in [-0.15, -0.1) is 0 Å². The molecule has 1 aliphatic heterocycles. The van der Waals surface area contributed by atoms with Crippen LogP contribution < -0.4 is 10.1 Å². The minimum atomic E-state index is -0.321. The molecule has 1 N–H and O–H groups in total. The Bertz CT molecular complexity index is 524. The molecule has 2 rings (SSSR count). The molecule has 1 aromatic carbocycles. The number of hydrogen-bond donors (Lipinski definition) is 1. The first-order valence-corrected chi connectivity index (χ1v) is 7.01. The number of aldehydes is 1. The van der Waals surface area contributed by atoms with E-state index in [1.807, 2.05) is 31.2 Å². The number of carbonyl (C=O) groups is 1. The Morgan fingerprint density at radius 2 is 2.00 bits per heavy atom. The minimum absolute atomic E-state index is 0.321. The van der Waals surface area contributed by atoms with E-state index in [0.29, 0.717) is 5.57 Å². The zero-order valence-corrected chi connectivity index (χ0v) is 13.2. The Morgan fingerprint density at radius 3 is 2.57 bits per heavy atom. The molecule has 0 bridgehead atoms. The van der Waals surface area contributed by atoms with Crippen LogP contribution in [0, 0.1) is 0 Å². The van der Waals surface area contributed by atoms with E-state index >= 15 is 0 Å². The molecule has 5 heteroatoms. The normalized spacial score (nSPS) is 16.7. The van der Waals surface area contributed by atoms with Crippen LogP contribution in [0.2, 0.25) is 0 Å². The van der Waals surface area contributed by atoms with Crippen LogP contribution in [0.15, 0.2) is 42.1 Å². The highest BCUT2D eigenvalue weighted by atomic mass is 35.5. The molecule has 0 spiro atoms. The number of halogens is 1. The second kappa shape index (κ2) is 9.21. The van der Waals surface area contributed by atoms with E-state index < -0.39 is 0 Å². The maximum atomic E-state index is 11.0. The molecule has 1 heterocycles. The fraction of sp³-hybridized carbons (Fsp3) is 0.312. The number of allylic oxidation sites excluding steroid dienone is 2. The fourth-order valence-electron chi connectivity index (χ4n) is 1.75. The molecule has 114 valence electrons. The van der Waals surface area contributed by atoms with Gasteiger partial charge in [0.05, 0.1) is 7.11 Å². The van der Waals surface area contributed by atoms with Crippen molar-refractivity contribution >= 4 is 23.5 Å². The van der Waals surface area contributed by atoms with Crippen LogP contribution in [-0.4, -0.2) is 32.6 Å². The smallest absolute Gasteiger partial charge is 0.152 e. The van der Waals surface area contributed by atoms with Gasteiger partial charge in [-0.2, -0.15) is 0 Å². The van der Waals surface area contributed by atoms with Gasteiger partial charge in [-0.25, -0.2) is 0 Å². The van der Waals surface area contributed by atoms with Crippen molar-refractivity contribution in [3.63, 3.8) is 0 Å². The van der Waals surface area contributed by atoms with E-state index in [-0.39, 0.29) is 5.50 Å². The van der Waals surface area contributed by atoms with Crippen molar-refractivity contribution in [2.75, 3.05) is 20.8 Å². The lowest BCUT2D eigenvalue weighted by Gasteiger charge is -2.18. The van der Waals surface area contributed by atoms with Crippen molar-refractivity contribution in [2.45, 2.75) is 12.4 Å². The number of alkyl halides is 1. The maximum Gasteiger partial charge on any atom is 0.152 e. The van der Waals surface area contributed by atoms with Gasteiger partial charge in [0.25, 0.3) is 0 Å². The quantitative estimate of drug-likeness (QED) is 0.528. The van der Waals surface area contributed by atoms with Crippen molar-refractivity contribution in [1.82, 2.24) is 5.32 Å². The Morgan fingerprint density at radius 1 is 1.33 bits per heavy atom. The molecule has 0 aliphatic carbocycles. The molecule has 1 aromatic rings. The number of dihydropyridines is 1. The van der Waals surface area contributed by atoms with Gasteiger partial charge in [0, 0.05) is 31.1 Å². The van der Waals surface area contributed by atoms with Gasteiger partial charge in [-0.1, -0.05) is 29.8 Å². The summed E-state index contributed by atoms with van der Waals surface area (Å²) in [5.74, 6) is 0.720.